The van der Waals surface area contributed by atoms with Crippen molar-refractivity contribution in [3.05, 3.63) is 89.1 Å². The predicted molar refractivity (Wildman–Crippen MR) is 131 cm³/mol. The van der Waals surface area contributed by atoms with Crippen molar-refractivity contribution >= 4 is 46.2 Å². The van der Waals surface area contributed by atoms with Gasteiger partial charge in [0.15, 0.2) is 23.3 Å². The molecule has 4 rings (SSSR count). The molecule has 0 aromatic heterocycles. The van der Waals surface area contributed by atoms with Crippen molar-refractivity contribution in [2.24, 2.45) is 4.99 Å². The molecule has 3 aromatic rings. The Balaban J connectivity index is 1.43. The van der Waals surface area contributed by atoms with E-state index in [1.807, 2.05) is 18.2 Å². The Morgan fingerprint density at radius 1 is 1.09 bits per heavy atom. The molecular weight excluding hydrogens is 457 g/mol. The molecule has 1 fully saturated rings. The maximum atomic E-state index is 13.8. The zero-order chi connectivity index (χ0) is 23.9. The largest absolute Gasteiger partial charge is 0.493 e. The molecule has 1 aliphatic rings. The van der Waals surface area contributed by atoms with Crippen molar-refractivity contribution < 1.29 is 23.5 Å². The van der Waals surface area contributed by atoms with Gasteiger partial charge in [-0.15, -0.1) is 0 Å². The number of amidine groups is 1. The van der Waals surface area contributed by atoms with Crippen LogP contribution in [-0.2, 0) is 9.59 Å². The maximum Gasteiger partial charge on any atom is 0.264 e. The minimum Gasteiger partial charge on any atom is -0.493 e. The third-order valence-electron chi connectivity index (χ3n) is 4.63. The van der Waals surface area contributed by atoms with E-state index in [1.165, 1.54) is 19.2 Å². The van der Waals surface area contributed by atoms with Gasteiger partial charge in [-0.25, -0.2) is 9.38 Å². The lowest BCUT2D eigenvalue weighted by Crippen LogP contribution is -2.20. The molecule has 172 valence electrons. The van der Waals surface area contributed by atoms with Crippen LogP contribution in [0.15, 0.2) is 82.7 Å². The SMILES string of the molecule is COc1cc(/C=C2\SC(=Nc3ccccc3F)NC2=O)ccc1OCC(=O)Nc1ccccc1. The van der Waals surface area contributed by atoms with Crippen molar-refractivity contribution in [1.82, 2.24) is 5.32 Å². The Hall–Kier alpha value is -4.11. The van der Waals surface area contributed by atoms with E-state index in [4.69, 9.17) is 9.47 Å². The molecule has 0 saturated carbocycles. The molecular formula is C25H20FN3O4S. The van der Waals surface area contributed by atoms with Gasteiger partial charge in [-0.05, 0) is 59.8 Å². The first-order valence-corrected chi connectivity index (χ1v) is 11.0. The molecule has 0 aliphatic carbocycles. The maximum absolute atomic E-state index is 13.8. The summed E-state index contributed by atoms with van der Waals surface area (Å²) < 4.78 is 24.8. The Labute approximate surface area is 199 Å². The zero-order valence-corrected chi connectivity index (χ0v) is 18.9. The van der Waals surface area contributed by atoms with Gasteiger partial charge < -0.3 is 20.1 Å². The number of thioether (sulfide) groups is 1. The topological polar surface area (TPSA) is 89.0 Å². The average Bonchev–Trinajstić information content (AvgIpc) is 3.18. The van der Waals surface area contributed by atoms with Crippen LogP contribution in [0.3, 0.4) is 0 Å². The second-order valence-electron chi connectivity index (χ2n) is 7.05. The molecule has 0 bridgehead atoms. The summed E-state index contributed by atoms with van der Waals surface area (Å²) in [5.74, 6) is -0.319. The van der Waals surface area contributed by atoms with Crippen molar-refractivity contribution in [2.45, 2.75) is 0 Å². The first kappa shape index (κ1) is 23.1. The highest BCUT2D eigenvalue weighted by molar-refractivity contribution is 8.18. The predicted octanol–water partition coefficient (Wildman–Crippen LogP) is 4.74. The standard InChI is InChI=1S/C25H20FN3O4S/c1-32-21-13-16(11-12-20(21)33-15-23(30)27-17-7-3-2-4-8-17)14-22-24(31)29-25(34-22)28-19-10-6-5-9-18(19)26/h2-14H,15H2,1H3,(H,27,30)(H,28,29,31)/b22-14-. The van der Waals surface area contributed by atoms with Crippen molar-refractivity contribution in [3.63, 3.8) is 0 Å². The summed E-state index contributed by atoms with van der Waals surface area (Å²) in [6.45, 7) is -0.195. The fourth-order valence-electron chi connectivity index (χ4n) is 3.04. The molecule has 2 amide bonds. The second-order valence-corrected chi connectivity index (χ2v) is 8.08. The van der Waals surface area contributed by atoms with E-state index in [2.05, 4.69) is 15.6 Å². The molecule has 9 heteroatoms. The van der Waals surface area contributed by atoms with Crippen LogP contribution in [0.5, 0.6) is 11.5 Å². The minimum absolute atomic E-state index is 0.144. The lowest BCUT2D eigenvalue weighted by molar-refractivity contribution is -0.118. The first-order valence-electron chi connectivity index (χ1n) is 10.2. The van der Waals surface area contributed by atoms with Gasteiger partial charge in [-0.2, -0.15) is 0 Å². The second kappa shape index (κ2) is 10.7. The summed E-state index contributed by atoms with van der Waals surface area (Å²) in [5.41, 5.74) is 1.50. The summed E-state index contributed by atoms with van der Waals surface area (Å²) in [7, 11) is 1.49. The Morgan fingerprint density at radius 3 is 2.62 bits per heavy atom. The van der Waals surface area contributed by atoms with E-state index in [-0.39, 0.29) is 29.3 Å². The lowest BCUT2D eigenvalue weighted by atomic mass is 10.2. The molecule has 0 radical (unpaired) electrons. The van der Waals surface area contributed by atoms with Gasteiger partial charge in [0.1, 0.15) is 11.5 Å². The number of methoxy groups -OCH3 is 1. The number of amides is 2. The molecule has 0 spiro atoms. The van der Waals surface area contributed by atoms with Gasteiger partial charge >= 0.3 is 0 Å². The molecule has 0 unspecified atom stereocenters. The molecule has 1 heterocycles. The number of aliphatic imine (C=N–C) groups is 1. The molecule has 1 saturated heterocycles. The van der Waals surface area contributed by atoms with Crippen LogP contribution >= 0.6 is 11.8 Å². The van der Waals surface area contributed by atoms with Gasteiger partial charge in [-0.3, -0.25) is 9.59 Å². The van der Waals surface area contributed by atoms with Crippen LogP contribution in [0, 0.1) is 5.82 Å². The number of hydrogen-bond donors (Lipinski definition) is 2. The van der Waals surface area contributed by atoms with E-state index in [9.17, 15) is 14.0 Å². The summed E-state index contributed by atoms with van der Waals surface area (Å²) in [4.78, 5) is 29.0. The van der Waals surface area contributed by atoms with Gasteiger partial charge in [0.05, 0.1) is 12.0 Å². The number of carbonyl (C=O) groups excluding carboxylic acids is 2. The summed E-state index contributed by atoms with van der Waals surface area (Å²) in [6, 6.07) is 20.2. The molecule has 0 atom stereocenters. The third kappa shape index (κ3) is 5.81. The summed E-state index contributed by atoms with van der Waals surface area (Å²) >= 11 is 1.11. The number of ether oxygens (including phenoxy) is 2. The highest BCUT2D eigenvalue weighted by Crippen LogP contribution is 2.32. The van der Waals surface area contributed by atoms with Gasteiger partial charge in [-0.1, -0.05) is 36.4 Å². The van der Waals surface area contributed by atoms with E-state index in [0.717, 1.165) is 11.8 Å². The number of nitrogens with one attached hydrogen (secondary N) is 2. The van der Waals surface area contributed by atoms with Crippen molar-refractivity contribution in [1.29, 1.82) is 0 Å². The highest BCUT2D eigenvalue weighted by atomic mass is 32.2. The Morgan fingerprint density at radius 2 is 1.85 bits per heavy atom. The van der Waals surface area contributed by atoms with Crippen LogP contribution in [-0.4, -0.2) is 30.7 Å². The van der Waals surface area contributed by atoms with Gasteiger partial charge in [0.2, 0.25) is 0 Å². The van der Waals surface area contributed by atoms with Crippen LogP contribution in [0.4, 0.5) is 15.8 Å². The van der Waals surface area contributed by atoms with Gasteiger partial charge in [0, 0.05) is 5.69 Å². The van der Waals surface area contributed by atoms with E-state index >= 15 is 0 Å². The lowest BCUT2D eigenvalue weighted by Gasteiger charge is -2.11. The zero-order valence-electron chi connectivity index (χ0n) is 18.1. The number of benzene rings is 3. The summed E-state index contributed by atoms with van der Waals surface area (Å²) in [5, 5.41) is 5.66. The smallest absolute Gasteiger partial charge is 0.264 e. The van der Waals surface area contributed by atoms with Crippen molar-refractivity contribution in [3.8, 4) is 11.5 Å². The Kier molecular flexibility index (Phi) is 7.24. The molecule has 2 N–H and O–H groups in total. The van der Waals surface area contributed by atoms with Crippen LogP contribution < -0.4 is 20.1 Å². The quantitative estimate of drug-likeness (QED) is 0.480. The number of para-hydroxylation sites is 2. The van der Waals surface area contributed by atoms with Crippen LogP contribution in [0.1, 0.15) is 5.56 Å². The fraction of sp³-hybridized carbons (Fsp3) is 0.0800. The van der Waals surface area contributed by atoms with E-state index in [0.29, 0.717) is 27.7 Å². The molecule has 3 aromatic carbocycles. The third-order valence-corrected chi connectivity index (χ3v) is 5.54. The number of anilines is 1. The number of halogens is 1. The average molecular weight is 478 g/mol. The number of carbonyl (C=O) groups is 2. The number of hydrogen-bond acceptors (Lipinski definition) is 6. The minimum atomic E-state index is -0.472. The molecule has 1 aliphatic heterocycles. The Bertz CT molecular complexity index is 1280. The molecule has 7 nitrogen and oxygen atoms in total. The fourth-order valence-corrected chi connectivity index (χ4v) is 3.87. The van der Waals surface area contributed by atoms with E-state index < -0.39 is 5.82 Å². The monoisotopic (exact) mass is 477 g/mol. The normalized spacial score (nSPS) is 15.3. The van der Waals surface area contributed by atoms with Crippen molar-refractivity contribution in [2.75, 3.05) is 19.0 Å². The highest BCUT2D eigenvalue weighted by Gasteiger charge is 2.24. The number of rotatable bonds is 7. The number of nitrogens with zero attached hydrogens (tertiary/aromatic N) is 1. The summed E-state index contributed by atoms with van der Waals surface area (Å²) in [6.07, 6.45) is 1.66. The van der Waals surface area contributed by atoms with Gasteiger partial charge in [0.25, 0.3) is 11.8 Å². The van der Waals surface area contributed by atoms with Crippen LogP contribution in [0.2, 0.25) is 0 Å². The molecule has 34 heavy (non-hydrogen) atoms. The van der Waals surface area contributed by atoms with Crippen LogP contribution in [0.25, 0.3) is 6.08 Å². The van der Waals surface area contributed by atoms with E-state index in [1.54, 1.807) is 48.5 Å². The first-order chi connectivity index (χ1) is 16.5.